The molecule has 0 aliphatic heterocycles. The Morgan fingerprint density at radius 1 is 1.30 bits per heavy atom. The molecule has 1 saturated carbocycles. The summed E-state index contributed by atoms with van der Waals surface area (Å²) in [6.07, 6.45) is 12.4. The van der Waals surface area contributed by atoms with E-state index in [1.165, 1.54) is 32.1 Å². The van der Waals surface area contributed by atoms with Crippen LogP contribution in [-0.4, -0.2) is 21.0 Å². The van der Waals surface area contributed by atoms with Crippen LogP contribution in [-0.2, 0) is 6.42 Å². The van der Waals surface area contributed by atoms with Crippen molar-refractivity contribution >= 4 is 0 Å². The lowest BCUT2D eigenvalue weighted by Crippen LogP contribution is -2.14. The first kappa shape index (κ1) is 15.6. The smallest absolute Gasteiger partial charge is 0.0650 e. The largest absolute Gasteiger partial charge is 0.393 e. The van der Waals surface area contributed by atoms with Gasteiger partial charge in [-0.15, -0.1) is 0 Å². The number of rotatable bonds is 8. The zero-order valence-electron chi connectivity index (χ0n) is 13.1. The molecule has 1 aromatic rings. The van der Waals surface area contributed by atoms with E-state index in [1.54, 1.807) is 0 Å². The Kier molecular flexibility index (Phi) is 6.08. The third-order valence-electron chi connectivity index (χ3n) is 4.81. The molecule has 1 N–H and O–H groups in total. The second kappa shape index (κ2) is 7.82. The van der Waals surface area contributed by atoms with Crippen LogP contribution < -0.4 is 0 Å². The summed E-state index contributed by atoms with van der Waals surface area (Å²) in [5.41, 5.74) is 1.04. The van der Waals surface area contributed by atoms with Crippen LogP contribution >= 0.6 is 0 Å². The molecule has 0 saturated heterocycles. The number of hydrogen-bond acceptors (Lipinski definition) is 2. The molecule has 1 atom stereocenters. The van der Waals surface area contributed by atoms with E-state index in [0.717, 1.165) is 30.9 Å². The Bertz CT molecular complexity index is 378. The van der Waals surface area contributed by atoms with Crippen molar-refractivity contribution in [1.82, 2.24) is 9.78 Å². The van der Waals surface area contributed by atoms with Crippen molar-refractivity contribution in [3.63, 3.8) is 0 Å². The van der Waals surface area contributed by atoms with Gasteiger partial charge in [-0.1, -0.05) is 39.5 Å². The molecular formula is C17H30N2O. The first-order valence-corrected chi connectivity index (χ1v) is 8.45. The minimum Gasteiger partial charge on any atom is -0.393 e. The molecule has 1 unspecified atom stereocenters. The predicted octanol–water partition coefficient (Wildman–Crippen LogP) is 4.12. The van der Waals surface area contributed by atoms with Crippen LogP contribution in [0.2, 0.25) is 0 Å². The van der Waals surface area contributed by atoms with Crippen LogP contribution in [0.3, 0.4) is 0 Å². The molecular weight excluding hydrogens is 248 g/mol. The van der Waals surface area contributed by atoms with E-state index >= 15 is 0 Å². The molecule has 1 aromatic heterocycles. The maximum Gasteiger partial charge on any atom is 0.0650 e. The Hall–Kier alpha value is -0.830. The first-order chi connectivity index (χ1) is 9.72. The summed E-state index contributed by atoms with van der Waals surface area (Å²) >= 11 is 0. The summed E-state index contributed by atoms with van der Waals surface area (Å²) in [6.45, 7) is 4.40. The van der Waals surface area contributed by atoms with E-state index in [1.807, 2.05) is 0 Å². The van der Waals surface area contributed by atoms with E-state index in [4.69, 9.17) is 0 Å². The quantitative estimate of drug-likeness (QED) is 0.777. The van der Waals surface area contributed by atoms with E-state index in [0.29, 0.717) is 12.5 Å². The van der Waals surface area contributed by atoms with Crippen molar-refractivity contribution in [3.05, 3.63) is 18.0 Å². The molecule has 1 aliphatic rings. The van der Waals surface area contributed by atoms with E-state index in [2.05, 4.69) is 35.9 Å². The second-order valence-electron chi connectivity index (χ2n) is 6.34. The summed E-state index contributed by atoms with van der Waals surface area (Å²) in [7, 11) is 0. The van der Waals surface area contributed by atoms with Gasteiger partial charge < -0.3 is 5.11 Å². The molecule has 0 radical (unpaired) electrons. The second-order valence-corrected chi connectivity index (χ2v) is 6.34. The van der Waals surface area contributed by atoms with E-state index in [9.17, 15) is 5.11 Å². The highest BCUT2D eigenvalue weighted by atomic mass is 16.3. The molecule has 114 valence electrons. The van der Waals surface area contributed by atoms with Crippen molar-refractivity contribution in [2.24, 2.45) is 5.92 Å². The molecule has 3 nitrogen and oxygen atoms in total. The molecule has 1 heterocycles. The average Bonchev–Trinajstić information content (AvgIpc) is 3.10. The minimum atomic E-state index is -0.222. The van der Waals surface area contributed by atoms with Crippen LogP contribution in [0.4, 0.5) is 0 Å². The van der Waals surface area contributed by atoms with Crippen LogP contribution in [0.15, 0.2) is 12.3 Å². The maximum absolute atomic E-state index is 10.2. The third-order valence-corrected chi connectivity index (χ3v) is 4.81. The van der Waals surface area contributed by atoms with Gasteiger partial charge in [-0.3, -0.25) is 4.68 Å². The van der Waals surface area contributed by atoms with Gasteiger partial charge in [-0.2, -0.15) is 5.10 Å². The fourth-order valence-corrected chi connectivity index (χ4v) is 3.42. The molecule has 0 amide bonds. The fourth-order valence-electron chi connectivity index (χ4n) is 3.42. The minimum absolute atomic E-state index is 0.222. The highest BCUT2D eigenvalue weighted by molar-refractivity contribution is 5.01. The van der Waals surface area contributed by atoms with Gasteiger partial charge in [0.05, 0.1) is 17.8 Å². The van der Waals surface area contributed by atoms with Crippen molar-refractivity contribution in [2.45, 2.75) is 83.8 Å². The van der Waals surface area contributed by atoms with Gasteiger partial charge in [-0.05, 0) is 37.7 Å². The van der Waals surface area contributed by atoms with Gasteiger partial charge in [0.1, 0.15) is 0 Å². The number of aromatic nitrogens is 2. The van der Waals surface area contributed by atoms with Gasteiger partial charge in [0.25, 0.3) is 0 Å². The Morgan fingerprint density at radius 3 is 2.65 bits per heavy atom. The molecule has 3 heteroatoms. The molecule has 20 heavy (non-hydrogen) atoms. The van der Waals surface area contributed by atoms with Crippen molar-refractivity contribution in [1.29, 1.82) is 0 Å². The van der Waals surface area contributed by atoms with Crippen molar-refractivity contribution in [2.75, 3.05) is 0 Å². The molecule has 0 aromatic carbocycles. The lowest BCUT2D eigenvalue weighted by molar-refractivity contribution is 0.153. The Labute approximate surface area is 123 Å². The molecule has 2 rings (SSSR count). The summed E-state index contributed by atoms with van der Waals surface area (Å²) in [6, 6.07) is 2.57. The SMILES string of the molecule is CCC(CC)n1ccc(CC(O)CCC2CCCC2)n1. The van der Waals surface area contributed by atoms with Gasteiger partial charge in [0.2, 0.25) is 0 Å². The van der Waals surface area contributed by atoms with Gasteiger partial charge >= 0.3 is 0 Å². The normalized spacial score (nSPS) is 18.0. The topological polar surface area (TPSA) is 38.0 Å². The molecule has 0 spiro atoms. The maximum atomic E-state index is 10.2. The molecule has 1 fully saturated rings. The average molecular weight is 278 g/mol. The zero-order chi connectivity index (χ0) is 14.4. The number of aliphatic hydroxyl groups is 1. The first-order valence-electron chi connectivity index (χ1n) is 8.45. The van der Waals surface area contributed by atoms with Crippen LogP contribution in [0, 0.1) is 5.92 Å². The van der Waals surface area contributed by atoms with Crippen molar-refractivity contribution in [3.8, 4) is 0 Å². The number of aliphatic hydroxyl groups excluding tert-OH is 1. The van der Waals surface area contributed by atoms with E-state index < -0.39 is 0 Å². The molecule has 1 aliphatic carbocycles. The third kappa shape index (κ3) is 4.34. The van der Waals surface area contributed by atoms with Gasteiger partial charge in [0, 0.05) is 12.6 Å². The Morgan fingerprint density at radius 2 is 2.00 bits per heavy atom. The highest BCUT2D eigenvalue weighted by Gasteiger charge is 2.17. The van der Waals surface area contributed by atoms with Crippen molar-refractivity contribution < 1.29 is 5.11 Å². The van der Waals surface area contributed by atoms with Crippen LogP contribution in [0.25, 0.3) is 0 Å². The monoisotopic (exact) mass is 278 g/mol. The summed E-state index contributed by atoms with van der Waals surface area (Å²) in [4.78, 5) is 0. The predicted molar refractivity (Wildman–Crippen MR) is 82.7 cm³/mol. The number of nitrogens with zero attached hydrogens (tertiary/aromatic N) is 2. The lowest BCUT2D eigenvalue weighted by Gasteiger charge is -2.14. The van der Waals surface area contributed by atoms with Gasteiger partial charge in [0.15, 0.2) is 0 Å². The molecule has 0 bridgehead atoms. The Balaban J connectivity index is 1.77. The van der Waals surface area contributed by atoms with Crippen LogP contribution in [0.5, 0.6) is 0 Å². The highest BCUT2D eigenvalue weighted by Crippen LogP contribution is 2.29. The summed E-state index contributed by atoms with van der Waals surface area (Å²) in [5.74, 6) is 0.867. The van der Waals surface area contributed by atoms with E-state index in [-0.39, 0.29) is 6.10 Å². The summed E-state index contributed by atoms with van der Waals surface area (Å²) in [5, 5.41) is 14.8. The van der Waals surface area contributed by atoms with Gasteiger partial charge in [-0.25, -0.2) is 0 Å². The lowest BCUT2D eigenvalue weighted by atomic mass is 9.98. The number of hydrogen-bond donors (Lipinski definition) is 1. The summed E-state index contributed by atoms with van der Waals surface area (Å²) < 4.78 is 2.07. The fraction of sp³-hybridized carbons (Fsp3) is 0.824. The van der Waals surface area contributed by atoms with Crippen LogP contribution in [0.1, 0.15) is 76.9 Å². The zero-order valence-corrected chi connectivity index (χ0v) is 13.1. The standard InChI is InChI=1S/C17H30N2O/c1-3-16(4-2)19-12-11-15(18-19)13-17(20)10-9-14-7-5-6-8-14/h11-12,14,16-17,20H,3-10,13H2,1-2H3.